The van der Waals surface area contributed by atoms with Crippen molar-refractivity contribution in [3.8, 4) is 5.75 Å². The number of rotatable bonds is 5. The Morgan fingerprint density at radius 2 is 1.92 bits per heavy atom. The maximum Gasteiger partial charge on any atom is 0.122 e. The molecule has 1 aliphatic heterocycles. The van der Waals surface area contributed by atoms with E-state index < -0.39 is 0 Å². The van der Waals surface area contributed by atoms with Gasteiger partial charge in [0.05, 0.1) is 18.8 Å². The maximum atomic E-state index is 6.04. The van der Waals surface area contributed by atoms with Crippen molar-refractivity contribution < 1.29 is 14.2 Å². The van der Waals surface area contributed by atoms with E-state index in [4.69, 9.17) is 14.2 Å². The van der Waals surface area contributed by atoms with Crippen LogP contribution in [0.25, 0.3) is 0 Å². The number of likely N-dealkylation sites (tertiary alicyclic amines) is 1. The largest absolute Gasteiger partial charge is 0.496 e. The summed E-state index contributed by atoms with van der Waals surface area (Å²) < 4.78 is 17.1. The van der Waals surface area contributed by atoms with Crippen LogP contribution in [0.4, 0.5) is 0 Å². The lowest BCUT2D eigenvalue weighted by molar-refractivity contribution is -0.0947. The highest BCUT2D eigenvalue weighted by Gasteiger charge is 2.51. The van der Waals surface area contributed by atoms with Gasteiger partial charge in [-0.2, -0.15) is 0 Å². The van der Waals surface area contributed by atoms with Crippen molar-refractivity contribution in [2.45, 2.75) is 63.8 Å². The van der Waals surface area contributed by atoms with Crippen LogP contribution in [-0.4, -0.2) is 50.5 Å². The van der Waals surface area contributed by atoms with Crippen LogP contribution in [0.15, 0.2) is 12.1 Å². The summed E-state index contributed by atoms with van der Waals surface area (Å²) >= 11 is 0. The number of nitrogens with zero attached hydrogens (tertiary/aromatic N) is 1. The Kier molecular flexibility index (Phi) is 5.19. The molecule has 2 fully saturated rings. The van der Waals surface area contributed by atoms with Crippen LogP contribution in [-0.2, 0) is 16.0 Å². The van der Waals surface area contributed by atoms with Crippen LogP contribution >= 0.6 is 0 Å². The number of hydrogen-bond donors (Lipinski definition) is 0. The van der Waals surface area contributed by atoms with Gasteiger partial charge in [-0.1, -0.05) is 6.07 Å². The van der Waals surface area contributed by atoms with Gasteiger partial charge in [0, 0.05) is 33.4 Å². The summed E-state index contributed by atoms with van der Waals surface area (Å²) in [4.78, 5) is 2.60. The van der Waals surface area contributed by atoms with Gasteiger partial charge < -0.3 is 14.2 Å². The first-order valence-corrected chi connectivity index (χ1v) is 8.99. The molecule has 0 amide bonds. The SMILES string of the molecule is COc1ccc(CN2CC[C@]3(OC)CC[C@@H](OC)C[C@H]23)c(C)c1C. The summed E-state index contributed by atoms with van der Waals surface area (Å²) in [6, 6.07) is 4.75. The standard InChI is InChI=1S/C20H31NO3/c1-14-15(2)18(23-4)7-6-16(14)13-21-11-10-20(24-5)9-8-17(22-3)12-19(20)21/h6-7,17,19H,8-13H2,1-5H3/t17-,19+,20-/m1/s1. The molecular weight excluding hydrogens is 302 g/mol. The van der Waals surface area contributed by atoms with Crippen LogP contribution in [0.3, 0.4) is 0 Å². The monoisotopic (exact) mass is 333 g/mol. The molecule has 1 saturated carbocycles. The minimum absolute atomic E-state index is 0.0183. The molecule has 1 aliphatic carbocycles. The molecule has 3 rings (SSSR count). The van der Waals surface area contributed by atoms with E-state index in [2.05, 4.69) is 30.9 Å². The molecule has 1 saturated heterocycles. The molecule has 0 radical (unpaired) electrons. The molecular formula is C20H31NO3. The average Bonchev–Trinajstić information content (AvgIpc) is 2.97. The Bertz CT molecular complexity index is 588. The molecule has 0 aromatic heterocycles. The molecule has 1 aromatic rings. The number of ether oxygens (including phenoxy) is 3. The van der Waals surface area contributed by atoms with Gasteiger partial charge >= 0.3 is 0 Å². The van der Waals surface area contributed by atoms with Crippen molar-refractivity contribution in [3.05, 3.63) is 28.8 Å². The molecule has 3 atom stereocenters. The van der Waals surface area contributed by atoms with Gasteiger partial charge in [-0.15, -0.1) is 0 Å². The molecule has 1 aromatic carbocycles. The predicted molar refractivity (Wildman–Crippen MR) is 95.7 cm³/mol. The van der Waals surface area contributed by atoms with Gasteiger partial charge in [-0.05, 0) is 62.3 Å². The molecule has 0 N–H and O–H groups in total. The lowest BCUT2D eigenvalue weighted by atomic mass is 9.79. The predicted octanol–water partition coefficient (Wildman–Crippen LogP) is 3.47. The fraction of sp³-hybridized carbons (Fsp3) is 0.700. The van der Waals surface area contributed by atoms with E-state index in [1.807, 2.05) is 14.2 Å². The summed E-state index contributed by atoms with van der Waals surface area (Å²) in [6.45, 7) is 6.41. The Labute approximate surface area is 146 Å². The van der Waals surface area contributed by atoms with Gasteiger partial charge in [0.25, 0.3) is 0 Å². The second-order valence-corrected chi connectivity index (χ2v) is 7.31. The number of hydrogen-bond acceptors (Lipinski definition) is 4. The number of benzene rings is 1. The minimum Gasteiger partial charge on any atom is -0.496 e. The molecule has 24 heavy (non-hydrogen) atoms. The van der Waals surface area contributed by atoms with Crippen molar-refractivity contribution in [2.75, 3.05) is 27.9 Å². The smallest absolute Gasteiger partial charge is 0.122 e. The summed E-state index contributed by atoms with van der Waals surface area (Å²) in [5, 5.41) is 0. The van der Waals surface area contributed by atoms with Gasteiger partial charge in [0.1, 0.15) is 5.75 Å². The Morgan fingerprint density at radius 1 is 1.12 bits per heavy atom. The van der Waals surface area contributed by atoms with Gasteiger partial charge in [-0.3, -0.25) is 4.90 Å². The molecule has 0 spiro atoms. The lowest BCUT2D eigenvalue weighted by Crippen LogP contribution is -2.51. The van der Waals surface area contributed by atoms with Crippen molar-refractivity contribution in [1.82, 2.24) is 4.90 Å². The highest BCUT2D eigenvalue weighted by atomic mass is 16.5. The van der Waals surface area contributed by atoms with Crippen LogP contribution in [0.2, 0.25) is 0 Å². The highest BCUT2D eigenvalue weighted by Crippen LogP contribution is 2.43. The Balaban J connectivity index is 1.81. The maximum absolute atomic E-state index is 6.04. The third-order valence-electron chi connectivity index (χ3n) is 6.43. The molecule has 4 heteroatoms. The first-order chi connectivity index (χ1) is 11.5. The lowest BCUT2D eigenvalue weighted by Gasteiger charge is -2.43. The summed E-state index contributed by atoms with van der Waals surface area (Å²) in [5.41, 5.74) is 3.98. The van der Waals surface area contributed by atoms with E-state index >= 15 is 0 Å². The number of fused-ring (bicyclic) bond motifs is 1. The fourth-order valence-electron chi connectivity index (χ4n) is 4.62. The van der Waals surface area contributed by atoms with E-state index in [9.17, 15) is 0 Å². The summed E-state index contributed by atoms with van der Waals surface area (Å²) in [7, 11) is 5.45. The topological polar surface area (TPSA) is 30.9 Å². The molecule has 0 bridgehead atoms. The summed E-state index contributed by atoms with van der Waals surface area (Å²) in [6.07, 6.45) is 4.76. The third-order valence-corrected chi connectivity index (χ3v) is 6.43. The van der Waals surface area contributed by atoms with E-state index in [1.165, 1.54) is 16.7 Å². The van der Waals surface area contributed by atoms with E-state index in [0.29, 0.717) is 12.1 Å². The molecule has 1 heterocycles. The normalized spacial score (nSPS) is 30.4. The molecule has 134 valence electrons. The fourth-order valence-corrected chi connectivity index (χ4v) is 4.62. The van der Waals surface area contributed by atoms with Gasteiger partial charge in [-0.25, -0.2) is 0 Å². The van der Waals surface area contributed by atoms with E-state index in [1.54, 1.807) is 7.11 Å². The second kappa shape index (κ2) is 7.03. The zero-order chi connectivity index (χ0) is 17.3. The van der Waals surface area contributed by atoms with Gasteiger partial charge in [0.15, 0.2) is 0 Å². The Hall–Kier alpha value is -1.10. The number of methoxy groups -OCH3 is 3. The van der Waals surface area contributed by atoms with Gasteiger partial charge in [0.2, 0.25) is 0 Å². The van der Waals surface area contributed by atoms with Crippen molar-refractivity contribution >= 4 is 0 Å². The summed E-state index contributed by atoms with van der Waals surface area (Å²) in [5.74, 6) is 0.973. The average molecular weight is 333 g/mol. The first-order valence-electron chi connectivity index (χ1n) is 8.99. The van der Waals surface area contributed by atoms with Crippen LogP contribution in [0, 0.1) is 13.8 Å². The zero-order valence-corrected chi connectivity index (χ0v) is 15.7. The quantitative estimate of drug-likeness (QED) is 0.825. The minimum atomic E-state index is 0.0183. The van der Waals surface area contributed by atoms with Crippen LogP contribution < -0.4 is 4.74 Å². The van der Waals surface area contributed by atoms with Crippen molar-refractivity contribution in [2.24, 2.45) is 0 Å². The molecule has 0 unspecified atom stereocenters. The first kappa shape index (κ1) is 17.7. The molecule has 2 aliphatic rings. The molecule has 4 nitrogen and oxygen atoms in total. The van der Waals surface area contributed by atoms with Crippen molar-refractivity contribution in [3.63, 3.8) is 0 Å². The third kappa shape index (κ3) is 2.96. The van der Waals surface area contributed by atoms with Crippen LogP contribution in [0.1, 0.15) is 42.4 Å². The second-order valence-electron chi connectivity index (χ2n) is 7.31. The van der Waals surface area contributed by atoms with Crippen molar-refractivity contribution in [1.29, 1.82) is 0 Å². The van der Waals surface area contributed by atoms with E-state index in [-0.39, 0.29) is 5.60 Å². The van der Waals surface area contributed by atoms with E-state index in [0.717, 1.165) is 44.5 Å². The zero-order valence-electron chi connectivity index (χ0n) is 15.7. The Morgan fingerprint density at radius 3 is 2.58 bits per heavy atom. The van der Waals surface area contributed by atoms with Crippen LogP contribution in [0.5, 0.6) is 5.75 Å². The highest BCUT2D eigenvalue weighted by molar-refractivity contribution is 5.43.